The summed E-state index contributed by atoms with van der Waals surface area (Å²) in [5, 5.41) is 12.7. The first-order chi connectivity index (χ1) is 36.9. The van der Waals surface area contributed by atoms with Gasteiger partial charge in [-0.25, -0.2) is 15.0 Å². The van der Waals surface area contributed by atoms with Crippen LogP contribution < -0.4 is 0 Å². The normalized spacial score (nSPS) is 12.8. The van der Waals surface area contributed by atoms with Crippen LogP contribution in [0.25, 0.3) is 89.7 Å². The molecule has 10 rings (SSSR count). The van der Waals surface area contributed by atoms with E-state index in [-0.39, 0.29) is 54.2 Å². The first kappa shape index (κ1) is 57.5. The molecule has 0 amide bonds. The quantitative estimate of drug-likeness (QED) is 0.161. The van der Waals surface area contributed by atoms with Gasteiger partial charge in [0, 0.05) is 43.4 Å². The van der Waals surface area contributed by atoms with Crippen molar-refractivity contribution in [2.45, 2.75) is 137 Å². The summed E-state index contributed by atoms with van der Waals surface area (Å²) in [7, 11) is 0. The summed E-state index contributed by atoms with van der Waals surface area (Å²) in [5.41, 5.74) is 13.0. The Bertz CT molecular complexity index is 3970. The summed E-state index contributed by atoms with van der Waals surface area (Å²) in [6.45, 7) is 32.4. The summed E-state index contributed by atoms with van der Waals surface area (Å²) in [5.74, 6) is -0.183. The zero-order valence-electron chi connectivity index (χ0n) is 48.4. The molecule has 1 N–H and O–H groups in total. The minimum Gasteiger partial charge on any atom is -0.507 e. The molecule has 7 aromatic carbocycles. The van der Waals surface area contributed by atoms with Gasteiger partial charge in [0.05, 0.1) is 34.3 Å². The van der Waals surface area contributed by atoms with E-state index < -0.39 is 22.8 Å². The number of aromatic hydroxyl groups is 1. The first-order valence-corrected chi connectivity index (χ1v) is 27.1. The molecule has 0 aliphatic heterocycles. The minimum atomic E-state index is -4.82. The number of hydrogen-bond donors (Lipinski definition) is 1. The van der Waals surface area contributed by atoms with E-state index in [9.17, 15) is 18.3 Å². The number of rotatable bonds is 7. The van der Waals surface area contributed by atoms with E-state index in [1.165, 1.54) is 5.56 Å². The number of hydrogen-bond acceptors (Lipinski definition) is 5. The van der Waals surface area contributed by atoms with E-state index in [4.69, 9.17) is 9.97 Å². The number of benzene rings is 7. The molecule has 0 unspecified atom stereocenters. The topological polar surface area (TPSA) is 81.7 Å². The number of imidazole rings is 2. The molecule has 0 radical (unpaired) electrons. The van der Waals surface area contributed by atoms with Crippen LogP contribution in [0, 0.1) is 6.07 Å². The fraction of sp³-hybridized carbons (Fsp3) is 0.304. The van der Waals surface area contributed by atoms with Gasteiger partial charge in [-0.3, -0.25) is 9.55 Å². The maximum Gasteiger partial charge on any atom is 0.451 e. The number of phenolic OH excluding ortho intramolecular Hbond substituents is 1. The van der Waals surface area contributed by atoms with Gasteiger partial charge in [-0.1, -0.05) is 206 Å². The van der Waals surface area contributed by atoms with Gasteiger partial charge in [-0.05, 0) is 91.3 Å². The molecule has 0 aliphatic carbocycles. The molecule has 0 atom stereocenters. The maximum absolute atomic E-state index is 14.7. The fourth-order valence-corrected chi connectivity index (χ4v) is 10.3. The van der Waals surface area contributed by atoms with Gasteiger partial charge in [0.25, 0.3) is 0 Å². The van der Waals surface area contributed by atoms with Crippen molar-refractivity contribution in [3.05, 3.63) is 185 Å². The van der Waals surface area contributed by atoms with Crippen LogP contribution in [0.2, 0.25) is 0 Å². The third kappa shape index (κ3) is 10.9. The third-order valence-electron chi connectivity index (χ3n) is 15.0. The Hall–Kier alpha value is -7.16. The van der Waals surface area contributed by atoms with Crippen LogP contribution in [0.1, 0.15) is 137 Å². The van der Waals surface area contributed by atoms with Crippen molar-refractivity contribution < 1.29 is 39.3 Å². The predicted molar refractivity (Wildman–Crippen MR) is 317 cm³/mol. The number of phenols is 1. The molecule has 0 saturated carbocycles. The number of nitrogens with zero attached hydrogens (tertiary/aromatic N) is 6. The van der Waals surface area contributed by atoms with Crippen LogP contribution in [-0.4, -0.2) is 34.2 Å². The summed E-state index contributed by atoms with van der Waals surface area (Å²) in [4.78, 5) is 18.9. The first-order valence-electron chi connectivity index (χ1n) is 27.1. The van der Waals surface area contributed by atoms with Gasteiger partial charge in [-0.2, -0.15) is 13.2 Å². The van der Waals surface area contributed by atoms with Crippen LogP contribution in [0.5, 0.6) is 5.75 Å². The fourth-order valence-electron chi connectivity index (χ4n) is 10.3. The molecular weight excluding hydrogens is 1180 g/mol. The van der Waals surface area contributed by atoms with Crippen molar-refractivity contribution in [1.82, 2.24) is 29.1 Å². The monoisotopic (exact) mass is 1250 g/mol. The van der Waals surface area contributed by atoms with Crippen LogP contribution in [0.4, 0.5) is 13.2 Å². The average molecular weight is 1250 g/mol. The van der Waals surface area contributed by atoms with Crippen molar-refractivity contribution in [1.29, 1.82) is 0 Å². The zero-order valence-corrected chi connectivity index (χ0v) is 50.7. The molecule has 7 nitrogen and oxygen atoms in total. The van der Waals surface area contributed by atoms with Crippen LogP contribution in [-0.2, 0) is 54.3 Å². The Morgan fingerprint density at radius 2 is 0.950 bits per heavy atom. The number of aromatic nitrogens is 6. The molecular formula is C69H70F3N6OPt-. The van der Waals surface area contributed by atoms with Gasteiger partial charge in [0.2, 0.25) is 5.82 Å². The predicted octanol–water partition coefficient (Wildman–Crippen LogP) is 18.5. The van der Waals surface area contributed by atoms with Crippen LogP contribution in [0.3, 0.4) is 0 Å². The molecule has 3 heterocycles. The standard InChI is InChI=1S/C69H70F3N6O.Pt/c1-64(2,3)45-29-31-55(50(36-45)41-23-18-16-19-24-41)77-57-28-22-27-49(58(57)75-61(77)52-38-48(67(10,11)12)39-53(59(52)79)68(13,14)15)43-33-44(35-47(34-43)66(7,8)9)60-74-54-40-73-63(69(70,71)72)76-62(54)78(60)56-32-30-46(65(4,5)6)37-51(56)42-25-20-17-21-26-42;/h16-32,34-40,79H,1-15H3;/q-1;. The van der Waals surface area contributed by atoms with E-state index in [0.29, 0.717) is 39.5 Å². The summed E-state index contributed by atoms with van der Waals surface area (Å²) in [6, 6.07) is 51.3. The number of alkyl halides is 3. The molecule has 0 aliphatic rings. The van der Waals surface area contributed by atoms with Gasteiger partial charge < -0.3 is 9.67 Å². The van der Waals surface area contributed by atoms with E-state index >= 15 is 0 Å². The Morgan fingerprint density at radius 1 is 0.450 bits per heavy atom. The van der Waals surface area contributed by atoms with Gasteiger partial charge in [0.1, 0.15) is 17.1 Å². The number of fused-ring (bicyclic) bond motifs is 2. The van der Waals surface area contributed by atoms with E-state index in [1.54, 1.807) is 4.57 Å². The molecule has 0 fully saturated rings. The zero-order chi connectivity index (χ0) is 56.9. The summed E-state index contributed by atoms with van der Waals surface area (Å²) in [6.07, 6.45) is -3.66. The minimum absolute atomic E-state index is 0. The van der Waals surface area contributed by atoms with E-state index in [0.717, 1.165) is 67.5 Å². The molecule has 0 saturated heterocycles. The van der Waals surface area contributed by atoms with Crippen LogP contribution >= 0.6 is 0 Å². The maximum atomic E-state index is 14.7. The van der Waals surface area contributed by atoms with Crippen molar-refractivity contribution in [2.24, 2.45) is 0 Å². The Morgan fingerprint density at radius 3 is 1.46 bits per heavy atom. The Kier molecular flexibility index (Phi) is 14.7. The van der Waals surface area contributed by atoms with Crippen molar-refractivity contribution >= 4 is 22.2 Å². The Balaban J connectivity index is 0.00000774. The largest absolute Gasteiger partial charge is 0.507 e. The second-order valence-corrected chi connectivity index (χ2v) is 26.2. The van der Waals surface area contributed by atoms with Gasteiger partial charge in [-0.15, -0.1) is 29.3 Å². The SMILES string of the molecule is CC(C)(C)c1cc(-c2cccc3c2nc(-c2cc(C(C)(C)C)cc(C(C)(C)C)c2O)n3-c2ccc(C(C)(C)C)cc2-c2ccccc2)[c-]c(-c2nc3cnc(C(F)(F)F)nc3n2-c2ccc(C(C)(C)C)cc2-c2ccccc2)c1.[Pt]. The summed E-state index contributed by atoms with van der Waals surface area (Å²) >= 11 is 0. The average Bonchev–Trinajstić information content (AvgIpc) is 4.10. The molecule has 414 valence electrons. The molecule has 11 heteroatoms. The van der Waals surface area contributed by atoms with Crippen molar-refractivity contribution in [3.8, 4) is 73.3 Å². The van der Waals surface area contributed by atoms with Crippen molar-refractivity contribution in [2.75, 3.05) is 0 Å². The third-order valence-corrected chi connectivity index (χ3v) is 15.0. The van der Waals surface area contributed by atoms with E-state index in [1.807, 2.05) is 66.7 Å². The Labute approximate surface area is 483 Å². The second-order valence-electron chi connectivity index (χ2n) is 26.2. The molecule has 3 aromatic heterocycles. The molecule has 80 heavy (non-hydrogen) atoms. The van der Waals surface area contributed by atoms with Gasteiger partial charge >= 0.3 is 6.18 Å². The molecule has 0 spiro atoms. The van der Waals surface area contributed by atoms with Crippen molar-refractivity contribution in [3.63, 3.8) is 0 Å². The molecule has 0 bridgehead atoms. The number of para-hydroxylation sites is 1. The van der Waals surface area contributed by atoms with Gasteiger partial charge in [0.15, 0.2) is 5.65 Å². The van der Waals surface area contributed by atoms with E-state index in [2.05, 4.69) is 197 Å². The number of halogens is 3. The molecule has 10 aromatic rings. The second kappa shape index (κ2) is 20.4. The smallest absolute Gasteiger partial charge is 0.451 e. The summed E-state index contributed by atoms with van der Waals surface area (Å²) < 4.78 is 47.9. The van der Waals surface area contributed by atoms with Crippen LogP contribution in [0.15, 0.2) is 146 Å².